The van der Waals surface area contributed by atoms with Gasteiger partial charge in [-0.25, -0.2) is 0 Å². The van der Waals surface area contributed by atoms with E-state index in [-0.39, 0.29) is 18.1 Å². The number of carboxylic acids is 1. The minimum Gasteiger partial charge on any atom is -0.480 e. The Morgan fingerprint density at radius 2 is 2.22 bits per heavy atom. The molecular weight excluding hydrogens is 232 g/mol. The molecule has 0 saturated heterocycles. The van der Waals surface area contributed by atoms with Crippen LogP contribution in [-0.4, -0.2) is 39.7 Å². The summed E-state index contributed by atoms with van der Waals surface area (Å²) in [5, 5.41) is 8.87. The van der Waals surface area contributed by atoms with Gasteiger partial charge in [0.15, 0.2) is 0 Å². The Bertz CT molecular complexity index is 442. The second-order valence-electron chi connectivity index (χ2n) is 4.35. The lowest BCUT2D eigenvalue weighted by molar-refractivity contribution is -0.138. The zero-order valence-electron chi connectivity index (χ0n) is 10.9. The van der Waals surface area contributed by atoms with Gasteiger partial charge in [0.1, 0.15) is 0 Å². The van der Waals surface area contributed by atoms with E-state index in [0.717, 1.165) is 6.42 Å². The number of hydrogen-bond donors (Lipinski definition) is 1. The first kappa shape index (κ1) is 14.4. The summed E-state index contributed by atoms with van der Waals surface area (Å²) in [6.07, 6.45) is 2.61. The molecule has 0 bridgehead atoms. The van der Waals surface area contributed by atoms with Crippen LogP contribution in [0.3, 0.4) is 0 Å². The Balaban J connectivity index is 2.64. The Morgan fingerprint density at radius 3 is 2.78 bits per heavy atom. The molecule has 0 saturated carbocycles. The standard InChI is InChI=1S/C13H20N2O3/c1-3-11(2)15(10-13(17)18)9-8-14-7-5-4-6-12(14)16/h4-7,11H,3,8-10H2,1-2H3,(H,17,18). The van der Waals surface area contributed by atoms with Crippen molar-refractivity contribution in [1.82, 2.24) is 9.47 Å². The van der Waals surface area contributed by atoms with Gasteiger partial charge >= 0.3 is 5.97 Å². The molecule has 1 aromatic heterocycles. The van der Waals surface area contributed by atoms with Crippen molar-refractivity contribution >= 4 is 5.97 Å². The predicted octanol–water partition coefficient (Wildman–Crippen LogP) is 1.03. The maximum atomic E-state index is 11.5. The van der Waals surface area contributed by atoms with E-state index < -0.39 is 5.97 Å². The Hall–Kier alpha value is -1.62. The largest absolute Gasteiger partial charge is 0.480 e. The third-order valence-corrected chi connectivity index (χ3v) is 3.08. The number of rotatable bonds is 7. The van der Waals surface area contributed by atoms with E-state index >= 15 is 0 Å². The fourth-order valence-corrected chi connectivity index (χ4v) is 1.77. The molecule has 1 N–H and O–H groups in total. The maximum absolute atomic E-state index is 11.5. The van der Waals surface area contributed by atoms with Crippen molar-refractivity contribution in [3.8, 4) is 0 Å². The van der Waals surface area contributed by atoms with Crippen molar-refractivity contribution in [3.63, 3.8) is 0 Å². The second kappa shape index (κ2) is 6.96. The van der Waals surface area contributed by atoms with Crippen molar-refractivity contribution in [2.24, 2.45) is 0 Å². The minimum atomic E-state index is -0.837. The first-order valence-electron chi connectivity index (χ1n) is 6.16. The molecule has 1 unspecified atom stereocenters. The number of aliphatic carboxylic acids is 1. The number of carbonyl (C=O) groups is 1. The van der Waals surface area contributed by atoms with Crippen LogP contribution in [-0.2, 0) is 11.3 Å². The molecule has 0 spiro atoms. The Morgan fingerprint density at radius 1 is 1.50 bits per heavy atom. The van der Waals surface area contributed by atoms with Crippen LogP contribution in [0.15, 0.2) is 29.2 Å². The molecule has 0 aliphatic rings. The number of aromatic nitrogens is 1. The Kier molecular flexibility index (Phi) is 5.58. The number of nitrogens with zero attached hydrogens (tertiary/aromatic N) is 2. The summed E-state index contributed by atoms with van der Waals surface area (Å²) >= 11 is 0. The summed E-state index contributed by atoms with van der Waals surface area (Å²) in [4.78, 5) is 24.2. The summed E-state index contributed by atoms with van der Waals surface area (Å²) < 4.78 is 1.59. The van der Waals surface area contributed by atoms with Crippen molar-refractivity contribution < 1.29 is 9.90 Å². The lowest BCUT2D eigenvalue weighted by atomic mass is 10.2. The zero-order chi connectivity index (χ0) is 13.5. The van der Waals surface area contributed by atoms with Crippen LogP contribution in [0.2, 0.25) is 0 Å². The monoisotopic (exact) mass is 252 g/mol. The lowest BCUT2D eigenvalue weighted by Gasteiger charge is -2.26. The van der Waals surface area contributed by atoms with Crippen molar-refractivity contribution in [2.75, 3.05) is 13.1 Å². The maximum Gasteiger partial charge on any atom is 0.317 e. The summed E-state index contributed by atoms with van der Waals surface area (Å²) in [7, 11) is 0. The molecule has 1 heterocycles. The highest BCUT2D eigenvalue weighted by Gasteiger charge is 2.15. The SMILES string of the molecule is CCC(C)N(CCn1ccccc1=O)CC(=O)O. The Labute approximate surface area is 107 Å². The van der Waals surface area contributed by atoms with E-state index in [2.05, 4.69) is 0 Å². The topological polar surface area (TPSA) is 62.5 Å². The van der Waals surface area contributed by atoms with Crippen molar-refractivity contribution in [3.05, 3.63) is 34.7 Å². The average molecular weight is 252 g/mol. The summed E-state index contributed by atoms with van der Waals surface area (Å²) in [5.74, 6) is -0.837. The van der Waals surface area contributed by atoms with Gasteiger partial charge in [-0.15, -0.1) is 0 Å². The van der Waals surface area contributed by atoms with E-state index in [1.807, 2.05) is 18.7 Å². The first-order valence-corrected chi connectivity index (χ1v) is 6.16. The zero-order valence-corrected chi connectivity index (χ0v) is 10.9. The third-order valence-electron chi connectivity index (χ3n) is 3.08. The average Bonchev–Trinajstić information content (AvgIpc) is 2.34. The first-order chi connectivity index (χ1) is 8.54. The fraction of sp³-hybridized carbons (Fsp3) is 0.538. The van der Waals surface area contributed by atoms with E-state index in [4.69, 9.17) is 5.11 Å². The van der Waals surface area contributed by atoms with E-state index in [1.165, 1.54) is 6.07 Å². The van der Waals surface area contributed by atoms with Crippen molar-refractivity contribution in [1.29, 1.82) is 0 Å². The van der Waals surface area contributed by atoms with Gasteiger partial charge in [-0.1, -0.05) is 13.0 Å². The normalized spacial score (nSPS) is 12.6. The van der Waals surface area contributed by atoms with Gasteiger partial charge in [0.2, 0.25) is 0 Å². The third kappa shape index (κ3) is 4.33. The summed E-state index contributed by atoms with van der Waals surface area (Å²) in [5.41, 5.74) is -0.0584. The molecule has 1 atom stereocenters. The van der Waals surface area contributed by atoms with Crippen LogP contribution in [0.5, 0.6) is 0 Å². The predicted molar refractivity (Wildman–Crippen MR) is 69.7 cm³/mol. The number of pyridine rings is 1. The molecule has 5 nitrogen and oxygen atoms in total. The molecule has 0 fully saturated rings. The fourth-order valence-electron chi connectivity index (χ4n) is 1.77. The molecule has 0 amide bonds. The van der Waals surface area contributed by atoms with E-state index in [1.54, 1.807) is 22.9 Å². The molecule has 0 aromatic carbocycles. The summed E-state index contributed by atoms with van der Waals surface area (Å²) in [6, 6.07) is 5.19. The van der Waals surface area contributed by atoms with Gasteiger partial charge < -0.3 is 9.67 Å². The van der Waals surface area contributed by atoms with Gasteiger partial charge in [0.25, 0.3) is 5.56 Å². The van der Waals surface area contributed by atoms with Crippen LogP contribution < -0.4 is 5.56 Å². The molecule has 0 radical (unpaired) electrons. The van der Waals surface area contributed by atoms with Crippen molar-refractivity contribution in [2.45, 2.75) is 32.9 Å². The molecule has 18 heavy (non-hydrogen) atoms. The number of carboxylic acid groups (broad SMARTS) is 1. The van der Waals surface area contributed by atoms with Gasteiger partial charge in [0, 0.05) is 31.4 Å². The highest BCUT2D eigenvalue weighted by Crippen LogP contribution is 2.03. The van der Waals surface area contributed by atoms with Gasteiger partial charge in [0.05, 0.1) is 6.54 Å². The van der Waals surface area contributed by atoms with Crippen LogP contribution in [0, 0.1) is 0 Å². The van der Waals surface area contributed by atoms with Crippen LogP contribution in [0.25, 0.3) is 0 Å². The number of hydrogen-bond acceptors (Lipinski definition) is 3. The highest BCUT2D eigenvalue weighted by atomic mass is 16.4. The molecule has 0 aliphatic heterocycles. The smallest absolute Gasteiger partial charge is 0.317 e. The highest BCUT2D eigenvalue weighted by molar-refractivity contribution is 5.69. The van der Waals surface area contributed by atoms with Crippen LogP contribution in [0.1, 0.15) is 20.3 Å². The lowest BCUT2D eigenvalue weighted by Crippen LogP contribution is -2.40. The molecule has 5 heteroatoms. The van der Waals surface area contributed by atoms with Gasteiger partial charge in [-0.3, -0.25) is 14.5 Å². The van der Waals surface area contributed by atoms with Crippen LogP contribution in [0.4, 0.5) is 0 Å². The molecule has 1 rings (SSSR count). The van der Waals surface area contributed by atoms with E-state index in [9.17, 15) is 9.59 Å². The van der Waals surface area contributed by atoms with Crippen LogP contribution >= 0.6 is 0 Å². The minimum absolute atomic E-state index is 0.0105. The summed E-state index contributed by atoms with van der Waals surface area (Å²) in [6.45, 7) is 5.10. The van der Waals surface area contributed by atoms with E-state index in [0.29, 0.717) is 13.1 Å². The molecule has 1 aromatic rings. The van der Waals surface area contributed by atoms with Gasteiger partial charge in [-0.2, -0.15) is 0 Å². The molecule has 0 aliphatic carbocycles. The second-order valence-corrected chi connectivity index (χ2v) is 4.35. The molecule has 100 valence electrons. The molecular formula is C13H20N2O3. The van der Waals surface area contributed by atoms with Gasteiger partial charge in [-0.05, 0) is 19.4 Å². The quantitative estimate of drug-likeness (QED) is 0.787.